The fourth-order valence-electron chi connectivity index (χ4n) is 2.23. The zero-order valence-electron chi connectivity index (χ0n) is 12.0. The van der Waals surface area contributed by atoms with Gasteiger partial charge in [-0.1, -0.05) is 42.5 Å². The predicted octanol–water partition coefficient (Wildman–Crippen LogP) is 4.05. The van der Waals surface area contributed by atoms with E-state index in [-0.39, 0.29) is 5.91 Å². The first kappa shape index (κ1) is 14.4. The van der Waals surface area contributed by atoms with Crippen LogP contribution in [0.2, 0.25) is 0 Å². The second-order valence-electron chi connectivity index (χ2n) is 4.68. The molecule has 1 heterocycles. The lowest BCUT2D eigenvalue weighted by molar-refractivity contribution is 0.102. The first-order valence-electron chi connectivity index (χ1n) is 6.83. The molecule has 0 radical (unpaired) electrons. The van der Waals surface area contributed by atoms with Gasteiger partial charge in [-0.15, -0.1) is 11.8 Å². The normalized spacial score (nSPS) is 10.4. The lowest BCUT2D eigenvalue weighted by atomic mass is 10.1. The maximum atomic E-state index is 12.5. The molecule has 5 heteroatoms. The molecule has 0 saturated carbocycles. The van der Waals surface area contributed by atoms with Crippen LogP contribution in [-0.4, -0.2) is 22.4 Å². The van der Waals surface area contributed by atoms with Gasteiger partial charge in [-0.2, -0.15) is 5.10 Å². The summed E-state index contributed by atoms with van der Waals surface area (Å²) >= 11 is 1.55. The lowest BCUT2D eigenvalue weighted by Crippen LogP contribution is -2.13. The fourth-order valence-corrected chi connectivity index (χ4v) is 2.82. The van der Waals surface area contributed by atoms with E-state index in [0.717, 1.165) is 16.2 Å². The number of aromatic amines is 1. The number of amides is 1. The Hall–Kier alpha value is -2.53. The standard InChI is InChI=1S/C17H15N3OS/c1-22-15-10-6-5-9-13(15)17(21)19-14-11-18-20-16(14)12-7-3-2-4-8-12/h2-11H,1H3,(H,18,20)(H,19,21). The second kappa shape index (κ2) is 6.49. The van der Waals surface area contributed by atoms with Crippen LogP contribution in [-0.2, 0) is 0 Å². The van der Waals surface area contributed by atoms with Gasteiger partial charge in [0.2, 0.25) is 0 Å². The molecule has 3 aromatic rings. The molecule has 2 aromatic carbocycles. The zero-order chi connectivity index (χ0) is 15.4. The van der Waals surface area contributed by atoms with Crippen LogP contribution in [0, 0.1) is 0 Å². The van der Waals surface area contributed by atoms with Crippen LogP contribution in [0.1, 0.15) is 10.4 Å². The van der Waals surface area contributed by atoms with E-state index in [1.165, 1.54) is 0 Å². The Morgan fingerprint density at radius 3 is 2.59 bits per heavy atom. The Balaban J connectivity index is 1.88. The van der Waals surface area contributed by atoms with Crippen molar-refractivity contribution >= 4 is 23.4 Å². The van der Waals surface area contributed by atoms with Crippen molar-refractivity contribution in [3.8, 4) is 11.3 Å². The third kappa shape index (κ3) is 2.89. The fraction of sp³-hybridized carbons (Fsp3) is 0.0588. The van der Waals surface area contributed by atoms with Crippen molar-refractivity contribution in [3.63, 3.8) is 0 Å². The molecule has 1 amide bonds. The van der Waals surface area contributed by atoms with Gasteiger partial charge >= 0.3 is 0 Å². The van der Waals surface area contributed by atoms with E-state index in [4.69, 9.17) is 0 Å². The van der Waals surface area contributed by atoms with Crippen LogP contribution in [0.25, 0.3) is 11.3 Å². The molecule has 2 N–H and O–H groups in total. The lowest BCUT2D eigenvalue weighted by Gasteiger charge is -2.08. The van der Waals surface area contributed by atoms with Crippen LogP contribution in [0.5, 0.6) is 0 Å². The van der Waals surface area contributed by atoms with E-state index in [0.29, 0.717) is 11.3 Å². The monoisotopic (exact) mass is 309 g/mol. The van der Waals surface area contributed by atoms with E-state index in [1.807, 2.05) is 60.9 Å². The molecule has 22 heavy (non-hydrogen) atoms. The molecule has 4 nitrogen and oxygen atoms in total. The minimum absolute atomic E-state index is 0.136. The summed E-state index contributed by atoms with van der Waals surface area (Å²) < 4.78 is 0. The van der Waals surface area contributed by atoms with Gasteiger partial charge in [0.15, 0.2) is 0 Å². The molecule has 0 bridgehead atoms. The zero-order valence-corrected chi connectivity index (χ0v) is 12.9. The Morgan fingerprint density at radius 1 is 1.09 bits per heavy atom. The Labute approximate surface area is 133 Å². The summed E-state index contributed by atoms with van der Waals surface area (Å²) in [6.45, 7) is 0. The number of carbonyl (C=O) groups is 1. The van der Waals surface area contributed by atoms with E-state index in [2.05, 4.69) is 15.5 Å². The van der Waals surface area contributed by atoms with Crippen molar-refractivity contribution in [1.29, 1.82) is 0 Å². The van der Waals surface area contributed by atoms with E-state index in [9.17, 15) is 4.79 Å². The second-order valence-corrected chi connectivity index (χ2v) is 5.53. The van der Waals surface area contributed by atoms with Gasteiger partial charge in [0, 0.05) is 10.5 Å². The van der Waals surface area contributed by atoms with Crippen molar-refractivity contribution in [1.82, 2.24) is 10.2 Å². The highest BCUT2D eigenvalue weighted by Crippen LogP contribution is 2.26. The number of thioether (sulfide) groups is 1. The third-order valence-corrected chi connectivity index (χ3v) is 4.10. The average molecular weight is 309 g/mol. The number of nitrogens with zero attached hydrogens (tertiary/aromatic N) is 1. The number of aromatic nitrogens is 2. The van der Waals surface area contributed by atoms with Gasteiger partial charge in [-0.05, 0) is 18.4 Å². The summed E-state index contributed by atoms with van der Waals surface area (Å²) in [5.41, 5.74) is 3.12. The highest BCUT2D eigenvalue weighted by molar-refractivity contribution is 7.98. The Morgan fingerprint density at radius 2 is 1.82 bits per heavy atom. The quantitative estimate of drug-likeness (QED) is 0.715. The molecule has 0 aliphatic carbocycles. The first-order chi connectivity index (χ1) is 10.8. The first-order valence-corrected chi connectivity index (χ1v) is 8.05. The summed E-state index contributed by atoms with van der Waals surface area (Å²) in [5, 5.41) is 9.91. The summed E-state index contributed by atoms with van der Waals surface area (Å²) in [4.78, 5) is 13.5. The molecule has 110 valence electrons. The summed E-state index contributed by atoms with van der Waals surface area (Å²) in [6, 6.07) is 17.3. The van der Waals surface area contributed by atoms with E-state index < -0.39 is 0 Å². The van der Waals surface area contributed by atoms with E-state index in [1.54, 1.807) is 18.0 Å². The Kier molecular flexibility index (Phi) is 4.25. The maximum Gasteiger partial charge on any atom is 0.256 e. The van der Waals surface area contributed by atoms with Gasteiger partial charge in [0.05, 0.1) is 23.1 Å². The van der Waals surface area contributed by atoms with Crippen molar-refractivity contribution in [3.05, 3.63) is 66.4 Å². The third-order valence-electron chi connectivity index (χ3n) is 3.30. The number of H-pyrrole nitrogens is 1. The number of carbonyl (C=O) groups excluding carboxylic acids is 1. The van der Waals surface area contributed by atoms with Crippen molar-refractivity contribution in [2.45, 2.75) is 4.90 Å². The summed E-state index contributed by atoms with van der Waals surface area (Å²) in [5.74, 6) is -0.136. The summed E-state index contributed by atoms with van der Waals surface area (Å²) in [7, 11) is 0. The molecular weight excluding hydrogens is 294 g/mol. The van der Waals surface area contributed by atoms with Gasteiger partial charge in [-0.3, -0.25) is 9.89 Å². The molecule has 0 spiro atoms. The summed E-state index contributed by atoms with van der Waals surface area (Å²) in [6.07, 6.45) is 3.58. The number of hydrogen-bond acceptors (Lipinski definition) is 3. The smallest absolute Gasteiger partial charge is 0.256 e. The van der Waals surface area contributed by atoms with Gasteiger partial charge in [0.1, 0.15) is 0 Å². The Bertz CT molecular complexity index is 783. The molecule has 0 fully saturated rings. The van der Waals surface area contributed by atoms with Crippen LogP contribution in [0.15, 0.2) is 65.7 Å². The van der Waals surface area contributed by atoms with Crippen LogP contribution in [0.4, 0.5) is 5.69 Å². The number of benzene rings is 2. The maximum absolute atomic E-state index is 12.5. The highest BCUT2D eigenvalue weighted by atomic mass is 32.2. The molecular formula is C17H15N3OS. The van der Waals surface area contributed by atoms with Gasteiger partial charge in [0.25, 0.3) is 5.91 Å². The minimum atomic E-state index is -0.136. The van der Waals surface area contributed by atoms with Gasteiger partial charge < -0.3 is 5.32 Å². The molecule has 0 saturated heterocycles. The van der Waals surface area contributed by atoms with Crippen molar-refractivity contribution in [2.24, 2.45) is 0 Å². The van der Waals surface area contributed by atoms with Crippen molar-refractivity contribution in [2.75, 3.05) is 11.6 Å². The van der Waals surface area contributed by atoms with E-state index >= 15 is 0 Å². The van der Waals surface area contributed by atoms with Crippen LogP contribution < -0.4 is 5.32 Å². The molecule has 1 aromatic heterocycles. The van der Waals surface area contributed by atoms with Gasteiger partial charge in [-0.25, -0.2) is 0 Å². The topological polar surface area (TPSA) is 57.8 Å². The average Bonchev–Trinajstić information content (AvgIpc) is 3.03. The molecule has 0 aliphatic rings. The SMILES string of the molecule is CSc1ccccc1C(=O)Nc1cn[nH]c1-c1ccccc1. The number of rotatable bonds is 4. The molecule has 0 atom stereocenters. The predicted molar refractivity (Wildman–Crippen MR) is 90.2 cm³/mol. The molecule has 0 aliphatic heterocycles. The largest absolute Gasteiger partial charge is 0.319 e. The molecule has 3 rings (SSSR count). The minimum Gasteiger partial charge on any atom is -0.319 e. The van der Waals surface area contributed by atoms with Crippen LogP contribution in [0.3, 0.4) is 0 Å². The number of hydrogen-bond donors (Lipinski definition) is 2. The molecule has 0 unspecified atom stereocenters. The number of anilines is 1. The van der Waals surface area contributed by atoms with Crippen LogP contribution >= 0.6 is 11.8 Å². The van der Waals surface area contributed by atoms with Crippen molar-refractivity contribution < 1.29 is 4.79 Å². The highest BCUT2D eigenvalue weighted by Gasteiger charge is 2.14. The number of nitrogens with one attached hydrogen (secondary N) is 2.